The lowest BCUT2D eigenvalue weighted by Crippen LogP contribution is -2.61. The summed E-state index contributed by atoms with van der Waals surface area (Å²) in [5.41, 5.74) is 0. The molecule has 0 amide bonds. The Hall–Kier alpha value is -2.07. The molecule has 7 aliphatic heterocycles. The normalized spacial score (nSPS) is 46.2. The third kappa shape index (κ3) is 13.6. The second kappa shape index (κ2) is 24.5. The van der Waals surface area contributed by atoms with Gasteiger partial charge in [-0.05, 0) is 82.6 Å². The van der Waals surface area contributed by atoms with E-state index in [9.17, 15) is 35.1 Å². The van der Waals surface area contributed by atoms with Gasteiger partial charge >= 0.3 is 11.9 Å². The van der Waals surface area contributed by atoms with Crippen molar-refractivity contribution in [3.63, 3.8) is 0 Å². The van der Waals surface area contributed by atoms with Gasteiger partial charge in [-0.25, -0.2) is 4.79 Å². The van der Waals surface area contributed by atoms with Gasteiger partial charge < -0.3 is 73.3 Å². The first-order chi connectivity index (χ1) is 33.4. The Labute approximate surface area is 418 Å². The zero-order chi connectivity index (χ0) is 50.4. The van der Waals surface area contributed by atoms with Crippen molar-refractivity contribution in [2.45, 2.75) is 245 Å². The summed E-state index contributed by atoms with van der Waals surface area (Å²) in [6, 6.07) is 0. The number of esters is 1. The summed E-state index contributed by atoms with van der Waals surface area (Å²) in [5, 5.41) is 64.3. The van der Waals surface area contributed by atoms with E-state index in [0.29, 0.717) is 70.6 Å². The van der Waals surface area contributed by atoms with Crippen molar-refractivity contribution in [1.29, 1.82) is 0 Å². The topological polar surface area (TPSA) is 239 Å². The van der Waals surface area contributed by atoms with Crippen LogP contribution in [0.15, 0.2) is 36.5 Å². The number of aliphatic carboxylic acids is 1. The number of aliphatic hydroxyl groups excluding tert-OH is 5. The molecule has 0 aromatic rings. The third-order valence-electron chi connectivity index (χ3n) is 16.1. The molecule has 0 unspecified atom stereocenters. The third-order valence-corrected chi connectivity index (χ3v) is 16.6. The lowest BCUT2D eigenvalue weighted by Gasteiger charge is -2.54. The van der Waals surface area contributed by atoms with Crippen molar-refractivity contribution < 1.29 is 82.9 Å². The minimum Gasteiger partial charge on any atom is -0.479 e. The molecule has 6 N–H and O–H groups in total. The van der Waals surface area contributed by atoms with Crippen molar-refractivity contribution in [2.24, 2.45) is 17.8 Å². The van der Waals surface area contributed by atoms with E-state index in [0.717, 1.165) is 6.42 Å². The van der Waals surface area contributed by atoms with E-state index >= 15 is 0 Å². The number of hydrogen-bond acceptors (Lipinski definition) is 16. The van der Waals surface area contributed by atoms with E-state index < -0.39 is 120 Å². The Morgan fingerprint density at radius 2 is 1.56 bits per heavy atom. The van der Waals surface area contributed by atoms with Crippen LogP contribution in [0.5, 0.6) is 0 Å². The van der Waals surface area contributed by atoms with Crippen LogP contribution in [0.4, 0.5) is 0 Å². The quantitative estimate of drug-likeness (QED) is 0.0947. The maximum atomic E-state index is 13.9. The highest BCUT2D eigenvalue weighted by atomic mass is 35.5. The molecule has 70 heavy (non-hydrogen) atoms. The van der Waals surface area contributed by atoms with E-state index in [1.165, 1.54) is 0 Å². The van der Waals surface area contributed by atoms with Crippen LogP contribution >= 0.6 is 11.6 Å². The summed E-state index contributed by atoms with van der Waals surface area (Å²) in [5.74, 6) is -5.95. The molecule has 21 atom stereocenters. The van der Waals surface area contributed by atoms with Crippen LogP contribution < -0.4 is 0 Å². The summed E-state index contributed by atoms with van der Waals surface area (Å²) in [4.78, 5) is 24.9. The number of carbonyl (C=O) groups is 2. The lowest BCUT2D eigenvalue weighted by molar-refractivity contribution is -0.413. The number of methoxy groups -OCH3 is 2. The van der Waals surface area contributed by atoms with Gasteiger partial charge in [0.25, 0.3) is 0 Å². The van der Waals surface area contributed by atoms with Crippen LogP contribution in [-0.2, 0) is 52.2 Å². The molecule has 6 saturated heterocycles. The monoisotopic (exact) mass is 1010 g/mol. The molecule has 9 bridgehead atoms. The smallest absolute Gasteiger partial charge is 0.332 e. The van der Waals surface area contributed by atoms with E-state index in [4.69, 9.17) is 59.3 Å². The average molecular weight is 1010 g/mol. The average Bonchev–Trinajstić information content (AvgIpc) is 3.66. The molecule has 7 aliphatic rings. The number of allylic oxidation sites excluding steroid dienone is 2. The zero-order valence-electron chi connectivity index (χ0n) is 41.6. The van der Waals surface area contributed by atoms with Gasteiger partial charge in [0.1, 0.15) is 24.4 Å². The number of carboxylic acid groups (broad SMARTS) is 1. The highest BCUT2D eigenvalue weighted by Gasteiger charge is 2.61. The Morgan fingerprint density at radius 3 is 2.31 bits per heavy atom. The number of ether oxygens (including phenoxy) is 9. The number of carboxylic acids is 1. The Balaban J connectivity index is 1.13. The summed E-state index contributed by atoms with van der Waals surface area (Å²) in [6.45, 7) is 5.92. The molecule has 398 valence electrons. The lowest BCUT2D eigenvalue weighted by atomic mass is 9.82. The van der Waals surface area contributed by atoms with Crippen LogP contribution in [0.1, 0.15) is 136 Å². The van der Waals surface area contributed by atoms with Gasteiger partial charge in [0.2, 0.25) is 0 Å². The van der Waals surface area contributed by atoms with E-state index in [-0.39, 0.29) is 56.5 Å². The standard InChI is InChI=1S/C52H81ClO17/c1-30-18-21-50-23-20-40(62-4)48(69-50)47(59)46(58)31(2)16-17-39-45(53)43(63-5)28-51(66-39)22-19-32(3)52(70-51)29-42(38(68-52)15-10-8-6-7-9-14-37(56)49(60)61)65-44(57)27-36-13-11-12-35(64-36)25-33(54)24-34(55)26-41(30)67-50/h7-10,18,21,30-43,45-48,54-56,58-59H,6,11-17,19-20,22-29H2,1-5H3,(H,60,61)/t30-,31-,32-,33-,34-,35-,36+,37+,38-,39+,40-,41+,42-,43+,45+,46-,47-,48-,50-,51+,52+/m0/s1. The van der Waals surface area contributed by atoms with E-state index in [1.807, 2.05) is 38.2 Å². The first kappa shape index (κ1) is 55.7. The fraction of sp³-hybridized carbons (Fsp3) is 0.846. The number of rotatable bonds is 9. The van der Waals surface area contributed by atoms with Crippen LogP contribution in [0.25, 0.3) is 0 Å². The molecule has 3 spiro atoms. The largest absolute Gasteiger partial charge is 0.479 e. The molecule has 18 heteroatoms. The molecule has 17 nitrogen and oxygen atoms in total. The maximum absolute atomic E-state index is 13.9. The highest BCUT2D eigenvalue weighted by Crippen LogP contribution is 2.53. The van der Waals surface area contributed by atoms with Gasteiger partial charge in [-0.15, -0.1) is 11.6 Å². The van der Waals surface area contributed by atoms with Crippen molar-refractivity contribution >= 4 is 23.5 Å². The molecule has 7 heterocycles. The van der Waals surface area contributed by atoms with Gasteiger partial charge in [0, 0.05) is 64.6 Å². The van der Waals surface area contributed by atoms with Crippen LogP contribution in [0.2, 0.25) is 0 Å². The second-order valence-electron chi connectivity index (χ2n) is 21.4. The molecule has 0 aromatic heterocycles. The number of alkyl halides is 1. The molecule has 0 radical (unpaired) electrons. The molecule has 0 saturated carbocycles. The number of hydrogen-bond donors (Lipinski definition) is 6. The molecule has 0 aromatic carbocycles. The Kier molecular flexibility index (Phi) is 19.5. The first-order valence-corrected chi connectivity index (χ1v) is 26.4. The molecular weight excluding hydrogens is 932 g/mol. The number of carbonyl (C=O) groups excluding carboxylic acids is 1. The maximum Gasteiger partial charge on any atom is 0.332 e. The summed E-state index contributed by atoms with van der Waals surface area (Å²) in [6.07, 6.45) is 7.36. The van der Waals surface area contributed by atoms with Gasteiger partial charge in [-0.2, -0.15) is 0 Å². The summed E-state index contributed by atoms with van der Waals surface area (Å²) < 4.78 is 58.8. The van der Waals surface area contributed by atoms with Crippen molar-refractivity contribution in [1.82, 2.24) is 0 Å². The second-order valence-corrected chi connectivity index (χ2v) is 21.9. The fourth-order valence-corrected chi connectivity index (χ4v) is 12.1. The van der Waals surface area contributed by atoms with E-state index in [1.54, 1.807) is 26.4 Å². The predicted molar refractivity (Wildman–Crippen MR) is 254 cm³/mol. The number of fused-ring (bicyclic) bond motifs is 6. The number of halogens is 1. The Bertz CT molecular complexity index is 1800. The first-order valence-electron chi connectivity index (χ1n) is 25.9. The minimum absolute atomic E-state index is 0.0103. The van der Waals surface area contributed by atoms with Gasteiger partial charge in [0.05, 0.1) is 66.7 Å². The molecule has 6 fully saturated rings. The van der Waals surface area contributed by atoms with Crippen LogP contribution in [0, 0.1) is 17.8 Å². The molecular formula is C52H81ClO17. The van der Waals surface area contributed by atoms with Crippen LogP contribution in [0.3, 0.4) is 0 Å². The Morgan fingerprint density at radius 1 is 0.814 bits per heavy atom. The van der Waals surface area contributed by atoms with E-state index in [2.05, 4.69) is 6.92 Å². The highest BCUT2D eigenvalue weighted by molar-refractivity contribution is 6.21. The van der Waals surface area contributed by atoms with Crippen molar-refractivity contribution in [2.75, 3.05) is 14.2 Å². The van der Waals surface area contributed by atoms with Crippen molar-refractivity contribution in [3.8, 4) is 0 Å². The number of aliphatic hydroxyl groups is 5. The fourth-order valence-electron chi connectivity index (χ4n) is 11.8. The minimum atomic E-state index is -1.47. The van der Waals surface area contributed by atoms with Crippen LogP contribution in [-0.4, -0.2) is 165 Å². The zero-order valence-corrected chi connectivity index (χ0v) is 42.4. The molecule has 0 aliphatic carbocycles. The predicted octanol–water partition coefficient (Wildman–Crippen LogP) is 5.52. The van der Waals surface area contributed by atoms with Gasteiger partial charge in [-0.1, -0.05) is 51.2 Å². The van der Waals surface area contributed by atoms with Gasteiger partial charge in [-0.3, -0.25) is 4.79 Å². The summed E-state index contributed by atoms with van der Waals surface area (Å²) in [7, 11) is 3.17. The van der Waals surface area contributed by atoms with Crippen molar-refractivity contribution in [3.05, 3.63) is 36.5 Å². The SMILES string of the molecule is CO[C@H]1CC[C@]23C=C[C@H](C)[C@@H](C[C@@H](O)C[C@H](O)C[C@@H]4CCC[C@H](CC(=O)O[C@H]5C[C@@]6(O[C@H]5CC=CCC=CC[C@@H](O)C(=O)O)O[C@]5(CC[C@@H]6C)C[C@@H](OC)[C@H](Cl)[C@@H](CC[C@H](C)[C@H](O)[C@H](O)[C@H]1O2)O5)O4)O3. The summed E-state index contributed by atoms with van der Waals surface area (Å²) >= 11 is 7.14. The molecule has 7 rings (SSSR count). The van der Waals surface area contributed by atoms with Gasteiger partial charge in [0.15, 0.2) is 23.5 Å².